The predicted octanol–water partition coefficient (Wildman–Crippen LogP) is 3.16. The molecule has 2 aromatic heterocycles. The standard InChI is InChI=1S/C21H25ClN6O2S/c1-14-5-6-15(22)18-17(14)23-21(31-18)28(9-3-7-26-10-12-30-13-11-26)20(29)19-25-24-16-4-2-8-27(16)19/h5-6H,2-4,7-13H2,1H3. The van der Waals surface area contributed by atoms with Crippen molar-refractivity contribution < 1.29 is 9.53 Å². The highest BCUT2D eigenvalue weighted by Gasteiger charge is 2.29. The lowest BCUT2D eigenvalue weighted by Crippen LogP contribution is -2.39. The molecule has 1 amide bonds. The Hall–Kier alpha value is -2.07. The largest absolute Gasteiger partial charge is 0.379 e. The van der Waals surface area contributed by atoms with Gasteiger partial charge in [-0.15, -0.1) is 10.2 Å². The van der Waals surface area contributed by atoms with Gasteiger partial charge < -0.3 is 9.30 Å². The van der Waals surface area contributed by atoms with Gasteiger partial charge in [-0.3, -0.25) is 14.6 Å². The zero-order valence-electron chi connectivity index (χ0n) is 17.5. The van der Waals surface area contributed by atoms with Gasteiger partial charge in [0, 0.05) is 39.1 Å². The van der Waals surface area contributed by atoms with Crippen LogP contribution in [0, 0.1) is 6.92 Å². The van der Waals surface area contributed by atoms with Crippen molar-refractivity contribution in [3.05, 3.63) is 34.4 Å². The summed E-state index contributed by atoms with van der Waals surface area (Å²) < 4.78 is 8.30. The smallest absolute Gasteiger partial charge is 0.298 e. The van der Waals surface area contributed by atoms with Crippen LogP contribution in [0.15, 0.2) is 12.1 Å². The van der Waals surface area contributed by atoms with Crippen molar-refractivity contribution in [2.45, 2.75) is 32.7 Å². The van der Waals surface area contributed by atoms with Crippen LogP contribution in [0.3, 0.4) is 0 Å². The van der Waals surface area contributed by atoms with Crippen molar-refractivity contribution in [1.29, 1.82) is 0 Å². The second-order valence-electron chi connectivity index (χ2n) is 8.00. The lowest BCUT2D eigenvalue weighted by Gasteiger charge is -2.27. The molecule has 0 spiro atoms. The Balaban J connectivity index is 1.44. The molecule has 0 unspecified atom stereocenters. The van der Waals surface area contributed by atoms with Gasteiger partial charge in [0.2, 0.25) is 5.82 Å². The zero-order chi connectivity index (χ0) is 21.4. The number of fused-ring (bicyclic) bond motifs is 2. The first-order chi connectivity index (χ1) is 15.1. The third kappa shape index (κ3) is 4.07. The predicted molar refractivity (Wildman–Crippen MR) is 121 cm³/mol. The number of amides is 1. The first-order valence-electron chi connectivity index (χ1n) is 10.7. The van der Waals surface area contributed by atoms with Gasteiger partial charge in [0.1, 0.15) is 5.82 Å². The van der Waals surface area contributed by atoms with Crippen LogP contribution in [0.25, 0.3) is 10.2 Å². The Morgan fingerprint density at radius 3 is 2.90 bits per heavy atom. The molecule has 4 heterocycles. The Bertz CT molecular complexity index is 1070. The third-order valence-corrected chi connectivity index (χ3v) is 7.46. The lowest BCUT2D eigenvalue weighted by atomic mass is 10.2. The minimum absolute atomic E-state index is 0.143. The molecule has 3 aromatic rings. The summed E-state index contributed by atoms with van der Waals surface area (Å²) in [6.45, 7) is 7.68. The minimum atomic E-state index is -0.143. The molecule has 1 saturated heterocycles. The van der Waals surface area contributed by atoms with E-state index >= 15 is 0 Å². The number of morpholine rings is 1. The van der Waals surface area contributed by atoms with Gasteiger partial charge in [0.25, 0.3) is 5.91 Å². The fourth-order valence-corrected chi connectivity index (χ4v) is 5.54. The van der Waals surface area contributed by atoms with Gasteiger partial charge in [-0.2, -0.15) is 0 Å². The van der Waals surface area contributed by atoms with Crippen LogP contribution in [-0.4, -0.2) is 69.9 Å². The van der Waals surface area contributed by atoms with Crippen molar-refractivity contribution in [1.82, 2.24) is 24.6 Å². The van der Waals surface area contributed by atoms with Crippen LogP contribution in [0.1, 0.15) is 34.8 Å². The first-order valence-corrected chi connectivity index (χ1v) is 11.9. The average molecular weight is 461 g/mol. The van der Waals surface area contributed by atoms with E-state index in [1.54, 1.807) is 4.90 Å². The number of aryl methyl sites for hydroxylation is 2. The summed E-state index contributed by atoms with van der Waals surface area (Å²) in [4.78, 5) is 22.5. The molecule has 0 bridgehead atoms. The molecule has 1 aromatic carbocycles. The van der Waals surface area contributed by atoms with Crippen molar-refractivity contribution in [2.75, 3.05) is 44.3 Å². The van der Waals surface area contributed by atoms with Crippen molar-refractivity contribution in [3.8, 4) is 0 Å². The fourth-order valence-electron chi connectivity index (χ4n) is 4.20. The molecule has 0 saturated carbocycles. The number of anilines is 1. The van der Waals surface area contributed by atoms with Crippen LogP contribution >= 0.6 is 22.9 Å². The van der Waals surface area contributed by atoms with Crippen LogP contribution in [-0.2, 0) is 17.7 Å². The summed E-state index contributed by atoms with van der Waals surface area (Å²) in [5.74, 6) is 1.15. The average Bonchev–Trinajstić information content (AvgIpc) is 3.50. The van der Waals surface area contributed by atoms with Crippen LogP contribution in [0.5, 0.6) is 0 Å². The number of nitrogens with zero attached hydrogens (tertiary/aromatic N) is 6. The molecule has 31 heavy (non-hydrogen) atoms. The lowest BCUT2D eigenvalue weighted by molar-refractivity contribution is 0.0376. The molecule has 2 aliphatic rings. The van der Waals surface area contributed by atoms with E-state index in [-0.39, 0.29) is 5.91 Å². The van der Waals surface area contributed by atoms with E-state index in [1.807, 2.05) is 23.6 Å². The number of thiazole rings is 1. The summed E-state index contributed by atoms with van der Waals surface area (Å²) in [6, 6.07) is 3.85. The van der Waals surface area contributed by atoms with Gasteiger partial charge in [-0.05, 0) is 31.4 Å². The maximum absolute atomic E-state index is 13.6. The highest BCUT2D eigenvalue weighted by molar-refractivity contribution is 7.23. The topological polar surface area (TPSA) is 76.4 Å². The van der Waals surface area contributed by atoms with Crippen molar-refractivity contribution in [3.63, 3.8) is 0 Å². The maximum Gasteiger partial charge on any atom is 0.298 e. The third-order valence-electron chi connectivity index (χ3n) is 5.92. The quantitative estimate of drug-likeness (QED) is 0.562. The van der Waals surface area contributed by atoms with Gasteiger partial charge in [-0.25, -0.2) is 4.98 Å². The van der Waals surface area contributed by atoms with Crippen molar-refractivity contribution >= 4 is 44.2 Å². The van der Waals surface area contributed by atoms with Gasteiger partial charge in [-0.1, -0.05) is 29.0 Å². The molecule has 5 rings (SSSR count). The van der Waals surface area contributed by atoms with Gasteiger partial charge in [0.15, 0.2) is 5.13 Å². The second kappa shape index (κ2) is 8.82. The van der Waals surface area contributed by atoms with Gasteiger partial charge in [0.05, 0.1) is 28.5 Å². The summed E-state index contributed by atoms with van der Waals surface area (Å²) in [5, 5.41) is 9.76. The number of rotatable bonds is 6. The molecule has 0 aliphatic carbocycles. The number of ether oxygens (including phenoxy) is 1. The first kappa shape index (κ1) is 20.8. The molecule has 0 N–H and O–H groups in total. The summed E-state index contributed by atoms with van der Waals surface area (Å²) in [5.41, 5.74) is 1.90. The van der Waals surface area contributed by atoms with E-state index in [9.17, 15) is 4.79 Å². The number of benzene rings is 1. The number of carbonyl (C=O) groups is 1. The van der Waals surface area contributed by atoms with E-state index in [0.29, 0.717) is 22.5 Å². The highest BCUT2D eigenvalue weighted by atomic mass is 35.5. The zero-order valence-corrected chi connectivity index (χ0v) is 19.1. The summed E-state index contributed by atoms with van der Waals surface area (Å²) >= 11 is 7.89. The molecular formula is C21H25ClN6O2S. The number of hydrogen-bond acceptors (Lipinski definition) is 7. The maximum atomic E-state index is 13.6. The van der Waals surface area contributed by atoms with E-state index in [1.165, 1.54) is 11.3 Å². The Morgan fingerprint density at radius 2 is 2.10 bits per heavy atom. The van der Waals surface area contributed by atoms with E-state index in [4.69, 9.17) is 21.3 Å². The molecule has 10 heteroatoms. The Morgan fingerprint density at radius 1 is 1.26 bits per heavy atom. The molecule has 8 nitrogen and oxygen atoms in total. The SMILES string of the molecule is Cc1ccc(Cl)c2sc(N(CCCN3CCOCC3)C(=O)c3nnc4n3CCC4)nc12. The monoisotopic (exact) mass is 460 g/mol. The van der Waals surface area contributed by atoms with Crippen LogP contribution in [0.2, 0.25) is 5.02 Å². The van der Waals surface area contributed by atoms with Crippen LogP contribution in [0.4, 0.5) is 5.13 Å². The Kier molecular flexibility index (Phi) is 5.92. The van der Waals surface area contributed by atoms with Crippen LogP contribution < -0.4 is 4.90 Å². The number of carbonyl (C=O) groups excluding carboxylic acids is 1. The summed E-state index contributed by atoms with van der Waals surface area (Å²) in [6.07, 6.45) is 2.71. The van der Waals surface area contributed by atoms with Crippen molar-refractivity contribution in [2.24, 2.45) is 0 Å². The summed E-state index contributed by atoms with van der Waals surface area (Å²) in [7, 11) is 0. The number of aromatic nitrogens is 4. The minimum Gasteiger partial charge on any atom is -0.379 e. The molecule has 164 valence electrons. The fraction of sp³-hybridized carbons (Fsp3) is 0.524. The molecule has 2 aliphatic heterocycles. The second-order valence-corrected chi connectivity index (χ2v) is 9.38. The molecular weight excluding hydrogens is 436 g/mol. The molecule has 0 atom stereocenters. The molecule has 1 fully saturated rings. The van der Waals surface area contributed by atoms with E-state index in [0.717, 1.165) is 80.3 Å². The van der Waals surface area contributed by atoms with E-state index in [2.05, 4.69) is 15.1 Å². The normalized spacial score (nSPS) is 16.7. The Labute approximate surface area is 189 Å². The van der Waals surface area contributed by atoms with Gasteiger partial charge >= 0.3 is 0 Å². The number of halogens is 1. The number of hydrogen-bond donors (Lipinski definition) is 0. The van der Waals surface area contributed by atoms with E-state index < -0.39 is 0 Å². The molecule has 0 radical (unpaired) electrons. The highest BCUT2D eigenvalue weighted by Crippen LogP contribution is 2.36.